The van der Waals surface area contributed by atoms with Gasteiger partial charge in [-0.05, 0) is 50.6 Å². The standard InChI is InChI=1S/C22H23N7O/c1-14(30)29(21-18-9-10-25-22(18)27-13-19(21)24-2)17-6-4-16(5-7-17)28-20-8-3-15(11-23)12-26-20/h3,8-10,12-13,16-17H,2,4-7H2,1H3,(H,25,27)(H,26,28). The number of nitrogens with one attached hydrogen (secondary N) is 2. The van der Waals surface area contributed by atoms with Crippen LogP contribution in [0.4, 0.5) is 17.2 Å². The van der Waals surface area contributed by atoms with Crippen LogP contribution in [0.5, 0.6) is 0 Å². The van der Waals surface area contributed by atoms with Gasteiger partial charge in [0.2, 0.25) is 5.91 Å². The van der Waals surface area contributed by atoms with E-state index in [-0.39, 0.29) is 18.0 Å². The number of aromatic amines is 1. The maximum Gasteiger partial charge on any atom is 0.224 e. The van der Waals surface area contributed by atoms with E-state index >= 15 is 0 Å². The maximum absolute atomic E-state index is 12.7. The van der Waals surface area contributed by atoms with Gasteiger partial charge < -0.3 is 15.2 Å². The predicted molar refractivity (Wildman–Crippen MR) is 117 cm³/mol. The van der Waals surface area contributed by atoms with Crippen molar-refractivity contribution < 1.29 is 4.79 Å². The van der Waals surface area contributed by atoms with Crippen LogP contribution < -0.4 is 10.2 Å². The molecule has 1 aliphatic carbocycles. The number of nitrogens with zero attached hydrogens (tertiary/aromatic N) is 5. The first-order chi connectivity index (χ1) is 14.6. The highest BCUT2D eigenvalue weighted by molar-refractivity contribution is 6.06. The van der Waals surface area contributed by atoms with Crippen molar-refractivity contribution in [2.45, 2.75) is 44.7 Å². The van der Waals surface area contributed by atoms with E-state index in [9.17, 15) is 4.79 Å². The summed E-state index contributed by atoms with van der Waals surface area (Å²) in [7, 11) is 0. The van der Waals surface area contributed by atoms with Crippen molar-refractivity contribution in [3.05, 3.63) is 42.4 Å². The zero-order valence-electron chi connectivity index (χ0n) is 16.8. The minimum absolute atomic E-state index is 0.0150. The van der Waals surface area contributed by atoms with Crippen molar-refractivity contribution in [3.63, 3.8) is 0 Å². The third-order valence-electron chi connectivity index (χ3n) is 5.60. The molecular weight excluding hydrogens is 378 g/mol. The van der Waals surface area contributed by atoms with Crippen molar-refractivity contribution in [3.8, 4) is 6.07 Å². The zero-order chi connectivity index (χ0) is 21.1. The van der Waals surface area contributed by atoms with Gasteiger partial charge in [0.1, 0.15) is 23.2 Å². The van der Waals surface area contributed by atoms with E-state index in [4.69, 9.17) is 5.26 Å². The van der Waals surface area contributed by atoms with Gasteiger partial charge in [0.05, 0.1) is 17.4 Å². The van der Waals surface area contributed by atoms with Gasteiger partial charge in [-0.25, -0.2) is 9.97 Å². The summed E-state index contributed by atoms with van der Waals surface area (Å²) in [4.78, 5) is 30.4. The van der Waals surface area contributed by atoms with Crippen molar-refractivity contribution in [2.75, 3.05) is 10.2 Å². The molecule has 0 unspecified atom stereocenters. The summed E-state index contributed by atoms with van der Waals surface area (Å²) in [6.07, 6.45) is 8.58. The van der Waals surface area contributed by atoms with Gasteiger partial charge in [-0.3, -0.25) is 9.79 Å². The van der Waals surface area contributed by atoms with E-state index in [2.05, 4.69) is 38.0 Å². The predicted octanol–water partition coefficient (Wildman–Crippen LogP) is 3.94. The average molecular weight is 401 g/mol. The number of H-pyrrole nitrogens is 1. The molecule has 3 aromatic rings. The maximum atomic E-state index is 12.7. The van der Waals surface area contributed by atoms with Crippen LogP contribution in [0.3, 0.4) is 0 Å². The molecule has 0 aliphatic heterocycles. The first-order valence-corrected chi connectivity index (χ1v) is 9.96. The number of amides is 1. The lowest BCUT2D eigenvalue weighted by molar-refractivity contribution is -0.117. The van der Waals surface area contributed by atoms with Gasteiger partial charge >= 0.3 is 0 Å². The summed E-state index contributed by atoms with van der Waals surface area (Å²) in [5, 5.41) is 13.2. The molecule has 3 heterocycles. The fourth-order valence-electron chi connectivity index (χ4n) is 4.18. The number of hydrogen-bond donors (Lipinski definition) is 2. The quantitative estimate of drug-likeness (QED) is 0.629. The Balaban J connectivity index is 1.52. The topological polar surface area (TPSA) is 110 Å². The average Bonchev–Trinajstić information content (AvgIpc) is 3.24. The molecule has 8 nitrogen and oxygen atoms in total. The molecule has 0 bridgehead atoms. The van der Waals surface area contributed by atoms with Crippen LogP contribution in [0.15, 0.2) is 41.8 Å². The van der Waals surface area contributed by atoms with Gasteiger partial charge in [0.25, 0.3) is 0 Å². The molecular formula is C22H23N7O. The largest absolute Gasteiger partial charge is 0.367 e. The first kappa shape index (κ1) is 19.6. The molecule has 3 aromatic heterocycles. The molecule has 8 heteroatoms. The second kappa shape index (κ2) is 8.33. The summed E-state index contributed by atoms with van der Waals surface area (Å²) in [6, 6.07) is 7.94. The van der Waals surface area contributed by atoms with Crippen molar-refractivity contribution in [1.29, 1.82) is 5.26 Å². The molecule has 152 valence electrons. The molecule has 0 radical (unpaired) electrons. The lowest BCUT2D eigenvalue weighted by atomic mass is 9.89. The van der Waals surface area contributed by atoms with Crippen LogP contribution in [-0.4, -0.2) is 39.7 Å². The third-order valence-corrected chi connectivity index (χ3v) is 5.60. The Morgan fingerprint density at radius 1 is 1.27 bits per heavy atom. The lowest BCUT2D eigenvalue weighted by Gasteiger charge is -2.37. The van der Waals surface area contributed by atoms with Crippen LogP contribution in [0, 0.1) is 11.3 Å². The molecule has 0 saturated heterocycles. The van der Waals surface area contributed by atoms with Crippen molar-refractivity contribution in [1.82, 2.24) is 15.0 Å². The number of carbonyl (C=O) groups excluding carboxylic acids is 1. The van der Waals surface area contributed by atoms with Gasteiger partial charge in [-0.15, -0.1) is 0 Å². The van der Waals surface area contributed by atoms with Crippen LogP contribution in [0.25, 0.3) is 11.0 Å². The van der Waals surface area contributed by atoms with Gasteiger partial charge in [-0.2, -0.15) is 5.26 Å². The Morgan fingerprint density at radius 2 is 2.07 bits per heavy atom. The monoisotopic (exact) mass is 401 g/mol. The number of pyridine rings is 2. The van der Waals surface area contributed by atoms with Gasteiger partial charge in [0.15, 0.2) is 0 Å². The first-order valence-electron chi connectivity index (χ1n) is 9.96. The highest BCUT2D eigenvalue weighted by Crippen LogP contribution is 2.39. The number of hydrogen-bond acceptors (Lipinski definition) is 6. The molecule has 0 spiro atoms. The molecule has 1 aliphatic rings. The second-order valence-electron chi connectivity index (χ2n) is 7.47. The fourth-order valence-corrected chi connectivity index (χ4v) is 4.18. The summed E-state index contributed by atoms with van der Waals surface area (Å²) in [5.74, 6) is 0.751. The molecule has 1 amide bonds. The minimum atomic E-state index is -0.0150. The van der Waals surface area contributed by atoms with E-state index in [1.165, 1.54) is 0 Å². The Labute approximate surface area is 174 Å². The zero-order valence-corrected chi connectivity index (χ0v) is 16.8. The van der Waals surface area contributed by atoms with E-state index < -0.39 is 0 Å². The van der Waals surface area contributed by atoms with Crippen molar-refractivity contribution in [2.24, 2.45) is 4.99 Å². The molecule has 0 atom stereocenters. The van der Waals surface area contributed by atoms with Gasteiger partial charge in [0, 0.05) is 36.8 Å². The Hall–Kier alpha value is -3.73. The number of rotatable bonds is 5. The highest BCUT2D eigenvalue weighted by Gasteiger charge is 2.31. The van der Waals surface area contributed by atoms with Crippen LogP contribution >= 0.6 is 0 Å². The third kappa shape index (κ3) is 3.74. The lowest BCUT2D eigenvalue weighted by Crippen LogP contribution is -2.43. The summed E-state index contributed by atoms with van der Waals surface area (Å²) in [6.45, 7) is 5.26. The number of carbonyl (C=O) groups is 1. The smallest absolute Gasteiger partial charge is 0.224 e. The second-order valence-corrected chi connectivity index (χ2v) is 7.47. The van der Waals surface area contributed by atoms with Crippen LogP contribution in [0.1, 0.15) is 38.2 Å². The van der Waals surface area contributed by atoms with E-state index in [0.717, 1.165) is 48.2 Å². The number of fused-ring (bicyclic) bond motifs is 1. The Kier molecular flexibility index (Phi) is 5.44. The highest BCUT2D eigenvalue weighted by atomic mass is 16.2. The summed E-state index contributed by atoms with van der Waals surface area (Å²) < 4.78 is 0. The molecule has 4 rings (SSSR count). The minimum Gasteiger partial charge on any atom is -0.367 e. The van der Waals surface area contributed by atoms with E-state index in [0.29, 0.717) is 11.3 Å². The van der Waals surface area contributed by atoms with Crippen molar-refractivity contribution >= 4 is 40.9 Å². The fraction of sp³-hybridized carbons (Fsp3) is 0.318. The normalized spacial score (nSPS) is 18.5. The number of aromatic nitrogens is 3. The van der Waals surface area contributed by atoms with Crippen LogP contribution in [-0.2, 0) is 4.79 Å². The molecule has 1 saturated carbocycles. The summed E-state index contributed by atoms with van der Waals surface area (Å²) in [5.41, 5.74) is 2.65. The van der Waals surface area contributed by atoms with E-state index in [1.54, 1.807) is 25.4 Å². The molecule has 0 aromatic carbocycles. The Morgan fingerprint density at radius 3 is 2.70 bits per heavy atom. The SMILES string of the molecule is C=Nc1cnc2[nH]ccc2c1N(C(C)=O)C1CCC(Nc2ccc(C#N)cn2)CC1. The number of nitriles is 1. The van der Waals surface area contributed by atoms with Gasteiger partial charge in [-0.1, -0.05) is 0 Å². The Bertz CT molecular complexity index is 1100. The molecule has 2 N–H and O–H groups in total. The summed E-state index contributed by atoms with van der Waals surface area (Å²) >= 11 is 0. The molecule has 1 fully saturated rings. The number of aliphatic imine (C=N–C) groups is 1. The van der Waals surface area contributed by atoms with E-state index in [1.807, 2.05) is 23.2 Å². The molecule has 30 heavy (non-hydrogen) atoms. The number of anilines is 2. The van der Waals surface area contributed by atoms with Crippen LogP contribution in [0.2, 0.25) is 0 Å².